The molecule has 0 saturated heterocycles. The summed E-state index contributed by atoms with van der Waals surface area (Å²) < 4.78 is 5.11. The lowest BCUT2D eigenvalue weighted by molar-refractivity contribution is -0.149. The highest BCUT2D eigenvalue weighted by Gasteiger charge is 2.36. The monoisotopic (exact) mass is 246 g/mol. The fourth-order valence-corrected chi connectivity index (χ4v) is 1.84. The van der Waals surface area contributed by atoms with Crippen molar-refractivity contribution in [1.82, 2.24) is 0 Å². The molecule has 0 aliphatic carbocycles. The fraction of sp³-hybridized carbons (Fsp3) is 0.429. The summed E-state index contributed by atoms with van der Waals surface area (Å²) in [6.45, 7) is 3.88. The van der Waals surface area contributed by atoms with Crippen LogP contribution in [0, 0.1) is 11.3 Å². The number of hydrogen-bond acceptors (Lipinski definition) is 4. The second-order valence-corrected chi connectivity index (χ2v) is 4.34. The van der Waals surface area contributed by atoms with Crippen LogP contribution in [-0.4, -0.2) is 12.6 Å². The van der Waals surface area contributed by atoms with Gasteiger partial charge in [-0.3, -0.25) is 4.79 Å². The maximum atomic E-state index is 12.1. The molecule has 4 heteroatoms. The number of nitrogens with two attached hydrogens (primary N) is 1. The summed E-state index contributed by atoms with van der Waals surface area (Å²) in [7, 11) is 0. The first kappa shape index (κ1) is 14.0. The van der Waals surface area contributed by atoms with E-state index in [-0.39, 0.29) is 5.97 Å². The number of nitrogen functional groups attached to an aromatic ring is 1. The first-order valence-corrected chi connectivity index (χ1v) is 5.94. The van der Waals surface area contributed by atoms with Gasteiger partial charge in [-0.15, -0.1) is 0 Å². The average molecular weight is 246 g/mol. The van der Waals surface area contributed by atoms with Crippen LogP contribution in [0.5, 0.6) is 0 Å². The Morgan fingerprint density at radius 2 is 2.28 bits per heavy atom. The number of carbonyl (C=O) groups is 1. The topological polar surface area (TPSA) is 76.1 Å². The maximum absolute atomic E-state index is 12.1. The molecule has 0 amide bonds. The number of nitrogens with zero attached hydrogens (tertiary/aromatic N) is 1. The van der Waals surface area contributed by atoms with Gasteiger partial charge in [0.1, 0.15) is 0 Å². The van der Waals surface area contributed by atoms with Crippen LogP contribution in [0.1, 0.15) is 32.3 Å². The lowest BCUT2D eigenvalue weighted by Gasteiger charge is -2.27. The molecule has 96 valence electrons. The molecule has 0 aromatic heterocycles. The molecule has 0 bridgehead atoms. The SMILES string of the molecule is CCOC(=O)C(C)(CCC#N)c1cccc(N)c1. The quantitative estimate of drug-likeness (QED) is 0.639. The van der Waals surface area contributed by atoms with Gasteiger partial charge in [0.25, 0.3) is 0 Å². The fourth-order valence-electron chi connectivity index (χ4n) is 1.84. The average Bonchev–Trinajstić information content (AvgIpc) is 2.36. The third kappa shape index (κ3) is 3.01. The molecule has 0 aliphatic rings. The van der Waals surface area contributed by atoms with E-state index in [1.807, 2.05) is 6.07 Å². The summed E-state index contributed by atoms with van der Waals surface area (Å²) in [6, 6.07) is 9.23. The van der Waals surface area contributed by atoms with Crippen molar-refractivity contribution in [2.75, 3.05) is 12.3 Å². The van der Waals surface area contributed by atoms with Gasteiger partial charge in [0.05, 0.1) is 18.1 Å². The molecule has 0 fully saturated rings. The molecule has 1 aromatic carbocycles. The van der Waals surface area contributed by atoms with Crippen molar-refractivity contribution in [2.45, 2.75) is 32.1 Å². The number of nitriles is 1. The van der Waals surface area contributed by atoms with E-state index >= 15 is 0 Å². The molecule has 1 atom stereocenters. The number of hydrogen-bond donors (Lipinski definition) is 1. The van der Waals surface area contributed by atoms with E-state index in [1.165, 1.54) is 0 Å². The molecule has 1 rings (SSSR count). The molecular weight excluding hydrogens is 228 g/mol. The van der Waals surface area contributed by atoms with Gasteiger partial charge in [-0.25, -0.2) is 0 Å². The zero-order valence-electron chi connectivity index (χ0n) is 10.8. The summed E-state index contributed by atoms with van der Waals surface area (Å²) in [4.78, 5) is 12.1. The number of ether oxygens (including phenoxy) is 1. The van der Waals surface area contributed by atoms with Crippen LogP contribution in [0.25, 0.3) is 0 Å². The molecule has 1 aromatic rings. The molecule has 1 unspecified atom stereocenters. The normalized spacial score (nSPS) is 13.4. The zero-order chi connectivity index (χ0) is 13.6. The van der Waals surface area contributed by atoms with E-state index in [2.05, 4.69) is 6.07 Å². The third-order valence-corrected chi connectivity index (χ3v) is 2.99. The predicted octanol–water partition coefficient (Wildman–Crippen LogP) is 2.39. The lowest BCUT2D eigenvalue weighted by Crippen LogP contribution is -2.34. The van der Waals surface area contributed by atoms with E-state index in [0.717, 1.165) is 5.56 Å². The largest absolute Gasteiger partial charge is 0.465 e. The highest BCUT2D eigenvalue weighted by molar-refractivity contribution is 5.83. The summed E-state index contributed by atoms with van der Waals surface area (Å²) in [5.41, 5.74) is 6.31. The third-order valence-electron chi connectivity index (χ3n) is 2.99. The standard InChI is InChI=1S/C14H18N2O2/c1-3-18-13(17)14(2,8-5-9-15)11-6-4-7-12(16)10-11/h4,6-7,10H,3,5,8,16H2,1-2H3. The molecule has 0 saturated carbocycles. The second-order valence-electron chi connectivity index (χ2n) is 4.34. The van der Waals surface area contributed by atoms with Crippen molar-refractivity contribution in [3.63, 3.8) is 0 Å². The Kier molecular flexibility index (Phi) is 4.73. The molecule has 4 nitrogen and oxygen atoms in total. The van der Waals surface area contributed by atoms with Crippen molar-refractivity contribution in [3.8, 4) is 6.07 Å². The Morgan fingerprint density at radius 3 is 2.83 bits per heavy atom. The van der Waals surface area contributed by atoms with Gasteiger partial charge < -0.3 is 10.5 Å². The van der Waals surface area contributed by atoms with E-state index in [9.17, 15) is 4.79 Å². The number of esters is 1. The van der Waals surface area contributed by atoms with Gasteiger partial charge >= 0.3 is 5.97 Å². The van der Waals surface area contributed by atoms with Crippen LogP contribution in [0.4, 0.5) is 5.69 Å². The maximum Gasteiger partial charge on any atom is 0.316 e. The number of carbonyl (C=O) groups excluding carboxylic acids is 1. The predicted molar refractivity (Wildman–Crippen MR) is 69.7 cm³/mol. The van der Waals surface area contributed by atoms with Crippen LogP contribution in [0.2, 0.25) is 0 Å². The highest BCUT2D eigenvalue weighted by atomic mass is 16.5. The Hall–Kier alpha value is -2.02. The van der Waals surface area contributed by atoms with Crippen molar-refractivity contribution in [1.29, 1.82) is 5.26 Å². The van der Waals surface area contributed by atoms with Crippen molar-refractivity contribution < 1.29 is 9.53 Å². The minimum atomic E-state index is -0.818. The van der Waals surface area contributed by atoms with Gasteiger partial charge in [-0.05, 0) is 38.0 Å². The van der Waals surface area contributed by atoms with Gasteiger partial charge in [0.2, 0.25) is 0 Å². The van der Waals surface area contributed by atoms with Gasteiger partial charge in [0.15, 0.2) is 0 Å². The molecule has 2 N–H and O–H groups in total. The Balaban J connectivity index is 3.11. The second kappa shape index (κ2) is 6.06. The van der Waals surface area contributed by atoms with E-state index < -0.39 is 5.41 Å². The Bertz CT molecular complexity index is 465. The Morgan fingerprint density at radius 1 is 1.56 bits per heavy atom. The summed E-state index contributed by atoms with van der Waals surface area (Å²) in [5, 5.41) is 8.72. The van der Waals surface area contributed by atoms with Crippen molar-refractivity contribution in [3.05, 3.63) is 29.8 Å². The summed E-state index contributed by atoms with van der Waals surface area (Å²) >= 11 is 0. The molecule has 18 heavy (non-hydrogen) atoms. The van der Waals surface area contributed by atoms with Crippen LogP contribution < -0.4 is 5.73 Å². The molecule has 0 radical (unpaired) electrons. The van der Waals surface area contributed by atoms with Gasteiger partial charge in [-0.2, -0.15) is 5.26 Å². The van der Waals surface area contributed by atoms with Crippen LogP contribution in [-0.2, 0) is 14.9 Å². The molecule has 0 heterocycles. The first-order valence-electron chi connectivity index (χ1n) is 5.94. The molecule has 0 aliphatic heterocycles. The number of anilines is 1. The minimum absolute atomic E-state index is 0.296. The van der Waals surface area contributed by atoms with E-state index in [0.29, 0.717) is 25.1 Å². The lowest BCUT2D eigenvalue weighted by atomic mass is 9.78. The van der Waals surface area contributed by atoms with Crippen LogP contribution >= 0.6 is 0 Å². The summed E-state index contributed by atoms with van der Waals surface area (Å²) in [6.07, 6.45) is 0.718. The Labute approximate surface area is 107 Å². The van der Waals surface area contributed by atoms with Crippen LogP contribution in [0.3, 0.4) is 0 Å². The van der Waals surface area contributed by atoms with Gasteiger partial charge in [-0.1, -0.05) is 12.1 Å². The highest BCUT2D eigenvalue weighted by Crippen LogP contribution is 2.31. The summed E-state index contributed by atoms with van der Waals surface area (Å²) in [5.74, 6) is -0.314. The number of rotatable bonds is 5. The number of benzene rings is 1. The zero-order valence-corrected chi connectivity index (χ0v) is 10.8. The first-order chi connectivity index (χ1) is 8.54. The van der Waals surface area contributed by atoms with Crippen LogP contribution in [0.15, 0.2) is 24.3 Å². The smallest absolute Gasteiger partial charge is 0.316 e. The van der Waals surface area contributed by atoms with E-state index in [1.54, 1.807) is 32.0 Å². The molecule has 0 spiro atoms. The van der Waals surface area contributed by atoms with E-state index in [4.69, 9.17) is 15.7 Å². The molecular formula is C14H18N2O2. The van der Waals surface area contributed by atoms with Gasteiger partial charge in [0, 0.05) is 12.1 Å². The minimum Gasteiger partial charge on any atom is -0.465 e. The van der Waals surface area contributed by atoms with Crippen molar-refractivity contribution >= 4 is 11.7 Å². The van der Waals surface area contributed by atoms with Crippen molar-refractivity contribution in [2.24, 2.45) is 0 Å².